The summed E-state index contributed by atoms with van der Waals surface area (Å²) in [6.45, 7) is 4.58. The Labute approximate surface area is 190 Å². The molecule has 0 spiro atoms. The second-order valence-corrected chi connectivity index (χ2v) is 9.93. The van der Waals surface area contributed by atoms with Crippen LogP contribution < -0.4 is 4.74 Å². The molecule has 0 aliphatic heterocycles. The largest absolute Gasteiger partial charge is 0.464 e. The molecule has 170 valence electrons. The molecule has 0 atom stereocenters. The van der Waals surface area contributed by atoms with Gasteiger partial charge in [-0.05, 0) is 44.5 Å². The third-order valence-corrected chi connectivity index (χ3v) is 6.18. The van der Waals surface area contributed by atoms with Crippen molar-refractivity contribution in [1.29, 1.82) is 0 Å². The number of halogens is 2. The van der Waals surface area contributed by atoms with Crippen molar-refractivity contribution in [1.82, 2.24) is 14.1 Å². The number of aromatic nitrogens is 2. The van der Waals surface area contributed by atoms with Gasteiger partial charge in [-0.3, -0.25) is 4.68 Å². The van der Waals surface area contributed by atoms with Gasteiger partial charge in [0.25, 0.3) is 10.0 Å². The van der Waals surface area contributed by atoms with Crippen molar-refractivity contribution in [2.75, 3.05) is 13.9 Å². The summed E-state index contributed by atoms with van der Waals surface area (Å²) in [6, 6.07) is 6.47. The van der Waals surface area contributed by atoms with Gasteiger partial charge in [-0.2, -0.15) is 4.31 Å². The van der Waals surface area contributed by atoms with Crippen molar-refractivity contribution in [2.45, 2.75) is 32.9 Å². The van der Waals surface area contributed by atoms with Crippen LogP contribution in [0.5, 0.6) is 5.88 Å². The minimum absolute atomic E-state index is 0.0585. The monoisotopic (exact) mass is 491 g/mol. The van der Waals surface area contributed by atoms with Crippen LogP contribution in [-0.2, 0) is 21.3 Å². The Bertz CT molecular complexity index is 1080. The highest BCUT2D eigenvalue weighted by Gasteiger charge is 2.35. The van der Waals surface area contributed by atoms with Gasteiger partial charge in [0.2, 0.25) is 5.88 Å². The van der Waals surface area contributed by atoms with Gasteiger partial charge in [-0.1, -0.05) is 29.3 Å². The van der Waals surface area contributed by atoms with E-state index in [4.69, 9.17) is 32.7 Å². The van der Waals surface area contributed by atoms with E-state index in [1.165, 1.54) is 44.7 Å². The predicted molar refractivity (Wildman–Crippen MR) is 118 cm³/mol. The molecule has 12 heteroatoms. The Kier molecular flexibility index (Phi) is 7.98. The lowest BCUT2D eigenvalue weighted by Crippen LogP contribution is -2.47. The molecule has 0 aliphatic carbocycles. The zero-order valence-corrected chi connectivity index (χ0v) is 19.7. The Morgan fingerprint density at radius 2 is 1.97 bits per heavy atom. The SMILES string of the molecule is COCOc1cc(C=CS(=O)(=O)N(C(=O)O)C(C)(C)C)n(Cc2ccc(Cl)cc2Cl)n1. The van der Waals surface area contributed by atoms with Crippen LogP contribution >= 0.6 is 23.2 Å². The molecule has 1 aromatic carbocycles. The lowest BCUT2D eigenvalue weighted by molar-refractivity contribution is 0.0473. The maximum absolute atomic E-state index is 12.7. The number of hydrogen-bond acceptors (Lipinski definition) is 6. The molecule has 1 heterocycles. The fourth-order valence-corrected chi connectivity index (χ4v) is 4.55. The van der Waals surface area contributed by atoms with E-state index in [0.717, 1.165) is 5.41 Å². The van der Waals surface area contributed by atoms with E-state index in [2.05, 4.69) is 5.10 Å². The predicted octanol–water partition coefficient (Wildman–Crippen LogP) is 4.30. The van der Waals surface area contributed by atoms with E-state index >= 15 is 0 Å². The number of methoxy groups -OCH3 is 1. The van der Waals surface area contributed by atoms with E-state index in [0.29, 0.717) is 25.6 Å². The fourth-order valence-electron chi connectivity index (χ4n) is 2.66. The second-order valence-electron chi connectivity index (χ2n) is 7.42. The highest BCUT2D eigenvalue weighted by Crippen LogP contribution is 2.25. The molecule has 0 saturated carbocycles. The normalized spacial score (nSPS) is 12.3. The van der Waals surface area contributed by atoms with Gasteiger partial charge < -0.3 is 14.6 Å². The summed E-state index contributed by atoms with van der Waals surface area (Å²) in [4.78, 5) is 11.5. The summed E-state index contributed by atoms with van der Waals surface area (Å²) in [5.74, 6) is 0.190. The van der Waals surface area contributed by atoms with E-state index < -0.39 is 21.7 Å². The summed E-state index contributed by atoms with van der Waals surface area (Å²) < 4.78 is 37.4. The summed E-state index contributed by atoms with van der Waals surface area (Å²) in [5.41, 5.74) is -0.134. The summed E-state index contributed by atoms with van der Waals surface area (Å²) in [7, 11) is -2.84. The highest BCUT2D eigenvalue weighted by molar-refractivity contribution is 7.92. The number of carboxylic acid groups (broad SMARTS) is 1. The first-order valence-electron chi connectivity index (χ1n) is 8.95. The third-order valence-electron chi connectivity index (χ3n) is 3.90. The van der Waals surface area contributed by atoms with Crippen molar-refractivity contribution in [3.63, 3.8) is 0 Å². The van der Waals surface area contributed by atoms with Crippen molar-refractivity contribution in [2.24, 2.45) is 0 Å². The molecular formula is C19H23Cl2N3O6S. The van der Waals surface area contributed by atoms with Crippen molar-refractivity contribution in [3.8, 4) is 5.88 Å². The molecular weight excluding hydrogens is 469 g/mol. The lowest BCUT2D eigenvalue weighted by atomic mass is 10.1. The molecule has 2 aromatic rings. The quantitative estimate of drug-likeness (QED) is 0.547. The molecule has 1 amide bonds. The molecule has 31 heavy (non-hydrogen) atoms. The minimum Gasteiger partial charge on any atom is -0.464 e. The van der Waals surface area contributed by atoms with Gasteiger partial charge in [0.05, 0.1) is 23.2 Å². The number of carbonyl (C=O) groups is 1. The zero-order chi connectivity index (χ0) is 23.4. The number of sulfonamides is 1. The van der Waals surface area contributed by atoms with Crippen molar-refractivity contribution < 1.29 is 27.8 Å². The number of ether oxygens (including phenoxy) is 2. The number of nitrogens with zero attached hydrogens (tertiary/aromatic N) is 3. The average molecular weight is 492 g/mol. The molecule has 1 aromatic heterocycles. The van der Waals surface area contributed by atoms with Crippen LogP contribution in [0.3, 0.4) is 0 Å². The Hall–Kier alpha value is -2.27. The smallest absolute Gasteiger partial charge is 0.421 e. The van der Waals surface area contributed by atoms with Gasteiger partial charge in [0.15, 0.2) is 6.79 Å². The molecule has 0 fully saturated rings. The first-order valence-corrected chi connectivity index (χ1v) is 11.2. The van der Waals surface area contributed by atoms with E-state index in [-0.39, 0.29) is 19.2 Å². The standard InChI is InChI=1S/C19H23Cl2N3O6S/c1-19(2,3)24(18(25)26)31(27,28)8-7-15-10-17(30-12-29-4)22-23(15)11-13-5-6-14(20)9-16(13)21/h5-10H,11-12H2,1-4H3,(H,25,26). The maximum Gasteiger partial charge on any atom is 0.421 e. The van der Waals surface area contributed by atoms with Gasteiger partial charge in [0, 0.05) is 23.2 Å². The van der Waals surface area contributed by atoms with Crippen LogP contribution in [0, 0.1) is 0 Å². The first kappa shape index (κ1) is 25.0. The van der Waals surface area contributed by atoms with Crippen molar-refractivity contribution >= 4 is 45.4 Å². The molecule has 1 N–H and O–H groups in total. The fraction of sp³-hybridized carbons (Fsp3) is 0.368. The van der Waals surface area contributed by atoms with Crippen LogP contribution in [0.15, 0.2) is 29.7 Å². The molecule has 0 unspecified atom stereocenters. The van der Waals surface area contributed by atoms with Crippen molar-refractivity contribution in [3.05, 3.63) is 51.0 Å². The summed E-state index contributed by atoms with van der Waals surface area (Å²) >= 11 is 12.2. The zero-order valence-electron chi connectivity index (χ0n) is 17.4. The summed E-state index contributed by atoms with van der Waals surface area (Å²) in [5, 5.41) is 15.4. The van der Waals surface area contributed by atoms with Gasteiger partial charge >= 0.3 is 6.09 Å². The van der Waals surface area contributed by atoms with Gasteiger partial charge in [-0.25, -0.2) is 13.2 Å². The molecule has 0 aliphatic rings. The van der Waals surface area contributed by atoms with Crippen LogP contribution in [0.1, 0.15) is 32.0 Å². The number of amides is 1. The van der Waals surface area contributed by atoms with Gasteiger partial charge in [-0.15, -0.1) is 5.10 Å². The van der Waals surface area contributed by atoms with Crippen LogP contribution in [-0.4, -0.2) is 53.1 Å². The topological polar surface area (TPSA) is 111 Å². The lowest BCUT2D eigenvalue weighted by Gasteiger charge is -2.30. The number of rotatable bonds is 8. The second kappa shape index (κ2) is 9.90. The third kappa shape index (κ3) is 6.60. The highest BCUT2D eigenvalue weighted by atomic mass is 35.5. The van der Waals surface area contributed by atoms with E-state index in [9.17, 15) is 18.3 Å². The first-order chi connectivity index (χ1) is 14.3. The van der Waals surface area contributed by atoms with Crippen LogP contribution in [0.4, 0.5) is 4.79 Å². The van der Waals surface area contributed by atoms with Crippen LogP contribution in [0.25, 0.3) is 6.08 Å². The molecule has 0 saturated heterocycles. The Balaban J connectivity index is 2.44. The number of benzene rings is 1. The molecule has 0 bridgehead atoms. The Morgan fingerprint density at radius 1 is 1.29 bits per heavy atom. The number of hydrogen-bond donors (Lipinski definition) is 1. The molecule has 2 rings (SSSR count). The van der Waals surface area contributed by atoms with Crippen LogP contribution in [0.2, 0.25) is 10.0 Å². The maximum atomic E-state index is 12.7. The van der Waals surface area contributed by atoms with E-state index in [1.54, 1.807) is 18.2 Å². The average Bonchev–Trinajstić information content (AvgIpc) is 3.00. The Morgan fingerprint density at radius 3 is 2.52 bits per heavy atom. The molecule has 0 radical (unpaired) electrons. The van der Waals surface area contributed by atoms with E-state index in [1.807, 2.05) is 0 Å². The molecule has 9 nitrogen and oxygen atoms in total. The van der Waals surface area contributed by atoms with Gasteiger partial charge in [0.1, 0.15) is 0 Å². The minimum atomic E-state index is -4.29. The summed E-state index contributed by atoms with van der Waals surface area (Å²) in [6.07, 6.45) is -0.337.